The molecule has 3 aliphatic rings. The second-order valence-electron chi connectivity index (χ2n) is 6.94. The maximum atomic E-state index is 12.3. The lowest BCUT2D eigenvalue weighted by Gasteiger charge is -2.26. The smallest absolute Gasteiger partial charge is 0.225 e. The van der Waals surface area contributed by atoms with Crippen LogP contribution in [0.3, 0.4) is 0 Å². The van der Waals surface area contributed by atoms with Crippen LogP contribution in [0.2, 0.25) is 0 Å². The number of rotatable bonds is 4. The lowest BCUT2D eigenvalue weighted by Crippen LogP contribution is -2.45. The van der Waals surface area contributed by atoms with Gasteiger partial charge in [-0.15, -0.1) is 12.4 Å². The van der Waals surface area contributed by atoms with Crippen molar-refractivity contribution in [3.63, 3.8) is 0 Å². The maximum absolute atomic E-state index is 12.3. The Morgan fingerprint density at radius 3 is 2.33 bits per heavy atom. The number of hydrogen-bond acceptors (Lipinski definition) is 3. The normalized spacial score (nSPS) is 28.7. The number of primary amides is 1. The minimum Gasteiger partial charge on any atom is -0.369 e. The molecule has 21 heavy (non-hydrogen) atoms. The van der Waals surface area contributed by atoms with Crippen LogP contribution < -0.4 is 16.4 Å². The van der Waals surface area contributed by atoms with E-state index in [9.17, 15) is 9.59 Å². The third-order valence-electron chi connectivity index (χ3n) is 5.79. The van der Waals surface area contributed by atoms with E-state index in [0.717, 1.165) is 58.0 Å². The summed E-state index contributed by atoms with van der Waals surface area (Å²) < 4.78 is 0. The number of carbonyl (C=O) groups excluding carboxylic acids is 2. The summed E-state index contributed by atoms with van der Waals surface area (Å²) in [6, 6.07) is 0. The van der Waals surface area contributed by atoms with E-state index in [1.54, 1.807) is 0 Å². The van der Waals surface area contributed by atoms with Crippen LogP contribution in [-0.2, 0) is 9.59 Å². The molecule has 0 aromatic rings. The zero-order valence-electron chi connectivity index (χ0n) is 12.5. The van der Waals surface area contributed by atoms with Gasteiger partial charge in [-0.1, -0.05) is 12.8 Å². The third-order valence-corrected chi connectivity index (χ3v) is 5.79. The predicted molar refractivity (Wildman–Crippen MR) is 83.0 cm³/mol. The fourth-order valence-electron chi connectivity index (χ4n) is 4.14. The Morgan fingerprint density at radius 2 is 1.76 bits per heavy atom. The summed E-state index contributed by atoms with van der Waals surface area (Å²) >= 11 is 0. The molecule has 120 valence electrons. The van der Waals surface area contributed by atoms with Crippen LogP contribution >= 0.6 is 12.4 Å². The summed E-state index contributed by atoms with van der Waals surface area (Å²) in [6.07, 6.45) is 6.95. The monoisotopic (exact) mass is 315 g/mol. The van der Waals surface area contributed by atoms with Crippen LogP contribution in [0.25, 0.3) is 0 Å². The highest BCUT2D eigenvalue weighted by atomic mass is 35.5. The molecule has 1 atom stereocenters. The topological polar surface area (TPSA) is 84.2 Å². The van der Waals surface area contributed by atoms with Gasteiger partial charge in [-0.05, 0) is 50.6 Å². The van der Waals surface area contributed by atoms with Crippen molar-refractivity contribution >= 4 is 24.2 Å². The summed E-state index contributed by atoms with van der Waals surface area (Å²) in [7, 11) is 0. The number of nitrogens with one attached hydrogen (secondary N) is 2. The van der Waals surface area contributed by atoms with Gasteiger partial charge in [-0.3, -0.25) is 9.59 Å². The van der Waals surface area contributed by atoms with Crippen molar-refractivity contribution in [2.75, 3.05) is 19.6 Å². The standard InChI is InChI=1S/C15H25N3O2.ClH/c16-13(20)15(3-1-2-4-15)10-18-12(19)11-9-14(11)5-7-17-8-6-14;/h11,17H,1-10H2,(H2,16,20)(H,18,19);1H. The van der Waals surface area contributed by atoms with Crippen LogP contribution in [-0.4, -0.2) is 31.4 Å². The van der Waals surface area contributed by atoms with Gasteiger partial charge in [0.2, 0.25) is 11.8 Å². The van der Waals surface area contributed by atoms with Crippen LogP contribution in [0.15, 0.2) is 0 Å². The molecule has 1 spiro atoms. The van der Waals surface area contributed by atoms with Gasteiger partial charge in [0.15, 0.2) is 0 Å². The van der Waals surface area contributed by atoms with E-state index >= 15 is 0 Å². The fourth-order valence-corrected chi connectivity index (χ4v) is 4.14. The van der Waals surface area contributed by atoms with Gasteiger partial charge >= 0.3 is 0 Å². The van der Waals surface area contributed by atoms with Gasteiger partial charge in [-0.25, -0.2) is 0 Å². The van der Waals surface area contributed by atoms with Crippen molar-refractivity contribution < 1.29 is 9.59 Å². The zero-order chi connectivity index (χ0) is 14.2. The summed E-state index contributed by atoms with van der Waals surface area (Å²) in [5.74, 6) is 0.0537. The second-order valence-corrected chi connectivity index (χ2v) is 6.94. The Labute approximate surface area is 132 Å². The predicted octanol–water partition coefficient (Wildman–Crippen LogP) is 0.960. The molecule has 4 N–H and O–H groups in total. The number of piperidine rings is 1. The molecule has 1 saturated heterocycles. The van der Waals surface area contributed by atoms with E-state index in [1.807, 2.05) is 0 Å². The van der Waals surface area contributed by atoms with Crippen molar-refractivity contribution in [3.05, 3.63) is 0 Å². The Balaban J connectivity index is 0.00000161. The molecular weight excluding hydrogens is 290 g/mol. The number of halogens is 1. The van der Waals surface area contributed by atoms with E-state index < -0.39 is 5.41 Å². The van der Waals surface area contributed by atoms with Crippen molar-refractivity contribution in [2.45, 2.75) is 44.9 Å². The van der Waals surface area contributed by atoms with Crippen LogP contribution in [0.4, 0.5) is 0 Å². The van der Waals surface area contributed by atoms with E-state index in [0.29, 0.717) is 6.54 Å². The molecule has 0 aromatic heterocycles. The highest BCUT2D eigenvalue weighted by Crippen LogP contribution is 2.58. The first-order valence-corrected chi connectivity index (χ1v) is 7.86. The quantitative estimate of drug-likeness (QED) is 0.722. The maximum Gasteiger partial charge on any atom is 0.225 e. The van der Waals surface area contributed by atoms with E-state index in [2.05, 4.69) is 10.6 Å². The molecule has 2 aliphatic carbocycles. The van der Waals surface area contributed by atoms with E-state index in [4.69, 9.17) is 5.73 Å². The zero-order valence-corrected chi connectivity index (χ0v) is 13.3. The molecule has 0 aromatic carbocycles. The molecule has 0 bridgehead atoms. The number of amides is 2. The molecule has 6 heteroatoms. The third kappa shape index (κ3) is 3.04. The van der Waals surface area contributed by atoms with Gasteiger partial charge in [0.05, 0.1) is 5.41 Å². The first kappa shape index (κ1) is 16.6. The largest absolute Gasteiger partial charge is 0.369 e. The molecular formula is C15H26ClN3O2. The first-order chi connectivity index (χ1) is 9.58. The Morgan fingerprint density at radius 1 is 1.14 bits per heavy atom. The Hall–Kier alpha value is -0.810. The Bertz CT molecular complexity index is 415. The summed E-state index contributed by atoms with van der Waals surface area (Å²) in [4.78, 5) is 24.0. The van der Waals surface area contributed by atoms with Crippen LogP contribution in [0.5, 0.6) is 0 Å². The molecule has 1 aliphatic heterocycles. The lowest BCUT2D eigenvalue weighted by atomic mass is 9.85. The van der Waals surface area contributed by atoms with Crippen LogP contribution in [0, 0.1) is 16.7 Å². The summed E-state index contributed by atoms with van der Waals surface area (Å²) in [5.41, 5.74) is 5.32. The molecule has 2 amide bonds. The summed E-state index contributed by atoms with van der Waals surface area (Å²) in [6.45, 7) is 2.48. The van der Waals surface area contributed by atoms with Crippen molar-refractivity contribution in [1.82, 2.24) is 10.6 Å². The SMILES string of the molecule is Cl.NC(=O)C1(CNC(=O)C2CC23CCNCC3)CCCC1. The summed E-state index contributed by atoms with van der Waals surface area (Å²) in [5, 5.41) is 6.36. The van der Waals surface area contributed by atoms with Gasteiger partial charge in [0, 0.05) is 12.5 Å². The molecule has 3 rings (SSSR count). The Kier molecular flexibility index (Phi) is 4.83. The fraction of sp³-hybridized carbons (Fsp3) is 0.867. The second kappa shape index (κ2) is 6.13. The van der Waals surface area contributed by atoms with Gasteiger partial charge in [0.25, 0.3) is 0 Å². The average Bonchev–Trinajstić information content (AvgIpc) is 2.92. The van der Waals surface area contributed by atoms with Crippen molar-refractivity contribution in [1.29, 1.82) is 0 Å². The lowest BCUT2D eigenvalue weighted by molar-refractivity contribution is -0.128. The molecule has 1 unspecified atom stereocenters. The highest BCUT2D eigenvalue weighted by Gasteiger charge is 2.57. The van der Waals surface area contributed by atoms with E-state index in [1.165, 1.54) is 0 Å². The van der Waals surface area contributed by atoms with E-state index in [-0.39, 0.29) is 35.6 Å². The van der Waals surface area contributed by atoms with Crippen molar-refractivity contribution in [3.8, 4) is 0 Å². The van der Waals surface area contributed by atoms with Gasteiger partial charge < -0.3 is 16.4 Å². The number of nitrogens with two attached hydrogens (primary N) is 1. The van der Waals surface area contributed by atoms with Crippen molar-refractivity contribution in [2.24, 2.45) is 22.5 Å². The van der Waals surface area contributed by atoms with Gasteiger partial charge in [0.1, 0.15) is 0 Å². The highest BCUT2D eigenvalue weighted by molar-refractivity contribution is 5.85. The minimum atomic E-state index is -0.480. The van der Waals surface area contributed by atoms with Crippen LogP contribution in [0.1, 0.15) is 44.9 Å². The first-order valence-electron chi connectivity index (χ1n) is 7.86. The molecule has 2 saturated carbocycles. The molecule has 5 nitrogen and oxygen atoms in total. The minimum absolute atomic E-state index is 0. The molecule has 1 heterocycles. The molecule has 0 radical (unpaired) electrons. The number of carbonyl (C=O) groups is 2. The molecule has 3 fully saturated rings. The number of hydrogen-bond donors (Lipinski definition) is 3. The van der Waals surface area contributed by atoms with Gasteiger partial charge in [-0.2, -0.15) is 0 Å². The average molecular weight is 316 g/mol.